The van der Waals surface area contributed by atoms with Gasteiger partial charge in [-0.2, -0.15) is 0 Å². The van der Waals surface area contributed by atoms with E-state index in [1.54, 1.807) is 11.3 Å². The van der Waals surface area contributed by atoms with Crippen LogP contribution < -0.4 is 5.73 Å². The van der Waals surface area contributed by atoms with Crippen molar-refractivity contribution >= 4 is 11.3 Å². The number of hydrogen-bond donors (Lipinski definition) is 1. The highest BCUT2D eigenvalue weighted by molar-refractivity contribution is 7.09. The van der Waals surface area contributed by atoms with Gasteiger partial charge in [-0.15, -0.1) is 11.3 Å². The molecule has 2 N–H and O–H groups in total. The Morgan fingerprint density at radius 2 is 2.44 bits per heavy atom. The van der Waals surface area contributed by atoms with Gasteiger partial charge in [0, 0.05) is 5.38 Å². The Labute approximate surface area is 102 Å². The molecule has 0 aromatic carbocycles. The zero-order chi connectivity index (χ0) is 11.6. The van der Waals surface area contributed by atoms with Gasteiger partial charge in [0.05, 0.1) is 10.7 Å². The van der Waals surface area contributed by atoms with Crippen LogP contribution in [0.15, 0.2) is 5.38 Å². The van der Waals surface area contributed by atoms with Crippen molar-refractivity contribution in [3.05, 3.63) is 16.1 Å². The lowest BCUT2D eigenvalue weighted by molar-refractivity contribution is 0.152. The zero-order valence-electron chi connectivity index (χ0n) is 10.3. The van der Waals surface area contributed by atoms with Crippen molar-refractivity contribution in [1.82, 2.24) is 4.98 Å². The topological polar surface area (TPSA) is 38.9 Å². The van der Waals surface area contributed by atoms with Crippen LogP contribution in [0.4, 0.5) is 0 Å². The lowest BCUT2D eigenvalue weighted by Gasteiger charge is -2.39. The van der Waals surface area contributed by atoms with Gasteiger partial charge < -0.3 is 5.73 Å². The number of thiazole rings is 1. The highest BCUT2D eigenvalue weighted by Gasteiger charge is 2.34. The van der Waals surface area contributed by atoms with Gasteiger partial charge in [-0.05, 0) is 44.1 Å². The zero-order valence-corrected chi connectivity index (χ0v) is 11.1. The predicted octanol–water partition coefficient (Wildman–Crippen LogP) is 3.15. The van der Waals surface area contributed by atoms with Crippen molar-refractivity contribution in [1.29, 1.82) is 0 Å². The number of rotatable bonds is 3. The quantitative estimate of drug-likeness (QED) is 0.878. The Kier molecular flexibility index (Phi) is 3.65. The molecular weight excluding hydrogens is 216 g/mol. The van der Waals surface area contributed by atoms with Crippen molar-refractivity contribution in [2.45, 2.75) is 46.0 Å². The van der Waals surface area contributed by atoms with Crippen LogP contribution in [0.25, 0.3) is 0 Å². The molecule has 1 saturated carbocycles. The molecule has 1 aromatic heterocycles. The Bertz CT molecular complexity index is 347. The molecule has 1 heterocycles. The molecule has 3 heteroatoms. The summed E-state index contributed by atoms with van der Waals surface area (Å²) < 4.78 is 0. The average molecular weight is 238 g/mol. The van der Waals surface area contributed by atoms with E-state index < -0.39 is 0 Å². The third-order valence-corrected chi connectivity index (χ3v) is 4.66. The minimum Gasteiger partial charge on any atom is -0.330 e. The molecule has 1 fully saturated rings. The highest BCUT2D eigenvalue weighted by atomic mass is 32.1. The van der Waals surface area contributed by atoms with E-state index in [1.165, 1.54) is 36.4 Å². The Hall–Kier alpha value is -0.410. The number of aryl methyl sites for hydroxylation is 1. The van der Waals surface area contributed by atoms with E-state index in [0.29, 0.717) is 5.41 Å². The molecule has 2 rings (SSSR count). The molecule has 0 saturated heterocycles. The van der Waals surface area contributed by atoms with E-state index in [-0.39, 0.29) is 0 Å². The number of nitrogens with two attached hydrogens (primary N) is 1. The van der Waals surface area contributed by atoms with Gasteiger partial charge in [-0.1, -0.05) is 19.8 Å². The first-order chi connectivity index (χ1) is 7.63. The summed E-state index contributed by atoms with van der Waals surface area (Å²) in [6, 6.07) is 0. The van der Waals surface area contributed by atoms with E-state index in [9.17, 15) is 0 Å². The molecule has 16 heavy (non-hydrogen) atoms. The normalized spacial score (nSPS) is 30.6. The summed E-state index contributed by atoms with van der Waals surface area (Å²) >= 11 is 1.75. The molecule has 0 aliphatic heterocycles. The third kappa shape index (κ3) is 2.64. The van der Waals surface area contributed by atoms with E-state index in [1.807, 2.05) is 0 Å². The van der Waals surface area contributed by atoms with Crippen LogP contribution in [0, 0.1) is 18.3 Å². The lowest BCUT2D eigenvalue weighted by atomic mass is 9.68. The number of aromatic nitrogens is 1. The second-order valence-corrected chi connectivity index (χ2v) is 6.50. The van der Waals surface area contributed by atoms with E-state index in [4.69, 9.17) is 5.73 Å². The van der Waals surface area contributed by atoms with E-state index in [2.05, 4.69) is 24.2 Å². The molecule has 0 amide bonds. The summed E-state index contributed by atoms with van der Waals surface area (Å²) in [7, 11) is 0. The third-order valence-electron chi connectivity index (χ3n) is 3.84. The highest BCUT2D eigenvalue weighted by Crippen LogP contribution is 2.41. The molecule has 1 aromatic rings. The largest absolute Gasteiger partial charge is 0.330 e. The molecule has 90 valence electrons. The Morgan fingerprint density at radius 3 is 3.00 bits per heavy atom. The van der Waals surface area contributed by atoms with Crippen LogP contribution in [0.3, 0.4) is 0 Å². The van der Waals surface area contributed by atoms with E-state index >= 15 is 0 Å². The smallest absolute Gasteiger partial charge is 0.0897 e. The lowest BCUT2D eigenvalue weighted by Crippen LogP contribution is -2.37. The molecular formula is C13H22N2S. The van der Waals surface area contributed by atoms with E-state index in [0.717, 1.165) is 18.9 Å². The van der Waals surface area contributed by atoms with Gasteiger partial charge in [0.25, 0.3) is 0 Å². The molecule has 1 aliphatic rings. The van der Waals surface area contributed by atoms with Gasteiger partial charge in [0.15, 0.2) is 0 Å². The summed E-state index contributed by atoms with van der Waals surface area (Å²) in [4.78, 5) is 4.59. The molecule has 0 spiro atoms. The second kappa shape index (κ2) is 4.84. The maximum atomic E-state index is 6.03. The second-order valence-electron chi connectivity index (χ2n) is 5.44. The summed E-state index contributed by atoms with van der Waals surface area (Å²) in [5, 5.41) is 3.37. The standard InChI is InChI=1S/C13H22N2S/c1-10-4-3-5-13(6-10,9-14)7-12-8-16-11(2)15-12/h8,10H,3-7,9,14H2,1-2H3. The first kappa shape index (κ1) is 12.1. The minimum atomic E-state index is 0.332. The molecule has 2 unspecified atom stereocenters. The summed E-state index contributed by atoms with van der Waals surface area (Å²) in [5.41, 5.74) is 7.61. The van der Waals surface area contributed by atoms with Gasteiger partial charge in [-0.3, -0.25) is 0 Å². The fraction of sp³-hybridized carbons (Fsp3) is 0.769. The van der Waals surface area contributed by atoms with Gasteiger partial charge >= 0.3 is 0 Å². The number of nitrogens with zero attached hydrogens (tertiary/aromatic N) is 1. The van der Waals surface area contributed by atoms with Crippen molar-refractivity contribution in [2.75, 3.05) is 6.54 Å². The van der Waals surface area contributed by atoms with Crippen LogP contribution >= 0.6 is 11.3 Å². The van der Waals surface area contributed by atoms with Crippen molar-refractivity contribution in [3.63, 3.8) is 0 Å². The average Bonchev–Trinajstić information content (AvgIpc) is 2.64. The van der Waals surface area contributed by atoms with Gasteiger partial charge in [-0.25, -0.2) is 4.98 Å². The fourth-order valence-electron chi connectivity index (χ4n) is 3.06. The first-order valence-electron chi connectivity index (χ1n) is 6.25. The van der Waals surface area contributed by atoms with Gasteiger partial charge in [0.1, 0.15) is 0 Å². The molecule has 0 radical (unpaired) electrons. The molecule has 0 bridgehead atoms. The molecule has 2 nitrogen and oxygen atoms in total. The molecule has 2 atom stereocenters. The SMILES string of the molecule is Cc1nc(CC2(CN)CCCC(C)C2)cs1. The predicted molar refractivity (Wildman–Crippen MR) is 69.7 cm³/mol. The van der Waals surface area contributed by atoms with Crippen molar-refractivity contribution < 1.29 is 0 Å². The monoisotopic (exact) mass is 238 g/mol. The van der Waals surface area contributed by atoms with Crippen LogP contribution in [0.2, 0.25) is 0 Å². The Morgan fingerprint density at radius 1 is 1.62 bits per heavy atom. The number of hydrogen-bond acceptors (Lipinski definition) is 3. The van der Waals surface area contributed by atoms with Crippen LogP contribution in [0.5, 0.6) is 0 Å². The minimum absolute atomic E-state index is 0.332. The summed E-state index contributed by atoms with van der Waals surface area (Å²) in [6.45, 7) is 5.25. The van der Waals surface area contributed by atoms with Crippen LogP contribution in [0.1, 0.15) is 43.3 Å². The maximum Gasteiger partial charge on any atom is 0.0897 e. The fourth-order valence-corrected chi connectivity index (χ4v) is 3.67. The van der Waals surface area contributed by atoms with Crippen LogP contribution in [-0.4, -0.2) is 11.5 Å². The van der Waals surface area contributed by atoms with Crippen molar-refractivity contribution in [3.8, 4) is 0 Å². The summed E-state index contributed by atoms with van der Waals surface area (Å²) in [5.74, 6) is 0.831. The maximum absolute atomic E-state index is 6.03. The van der Waals surface area contributed by atoms with Crippen molar-refractivity contribution in [2.24, 2.45) is 17.1 Å². The molecule has 1 aliphatic carbocycles. The first-order valence-corrected chi connectivity index (χ1v) is 7.13. The van der Waals surface area contributed by atoms with Crippen LogP contribution in [-0.2, 0) is 6.42 Å². The Balaban J connectivity index is 2.09. The summed E-state index contributed by atoms with van der Waals surface area (Å²) in [6.07, 6.45) is 6.35. The van der Waals surface area contributed by atoms with Gasteiger partial charge in [0.2, 0.25) is 0 Å².